The standard InChI is InChI=1S/C11H10ClN/c1-7-3-4-8(2)10-6-13-11(12)5-9(7)10/h3-6H,1-2H3. The lowest BCUT2D eigenvalue weighted by atomic mass is 10.0. The predicted molar refractivity (Wildman–Crippen MR) is 56.2 cm³/mol. The molecular weight excluding hydrogens is 182 g/mol. The first kappa shape index (κ1) is 8.52. The summed E-state index contributed by atoms with van der Waals surface area (Å²) in [6.45, 7) is 4.16. The summed E-state index contributed by atoms with van der Waals surface area (Å²) < 4.78 is 0. The first-order valence-electron chi connectivity index (χ1n) is 4.20. The van der Waals surface area contributed by atoms with Gasteiger partial charge in [0.25, 0.3) is 0 Å². The highest BCUT2D eigenvalue weighted by atomic mass is 35.5. The molecule has 0 saturated carbocycles. The predicted octanol–water partition coefficient (Wildman–Crippen LogP) is 3.51. The second-order valence-electron chi connectivity index (χ2n) is 3.25. The van der Waals surface area contributed by atoms with Crippen molar-refractivity contribution in [3.63, 3.8) is 0 Å². The van der Waals surface area contributed by atoms with Gasteiger partial charge in [0.05, 0.1) is 0 Å². The van der Waals surface area contributed by atoms with Crippen LogP contribution in [0.25, 0.3) is 10.8 Å². The Kier molecular flexibility index (Phi) is 1.97. The van der Waals surface area contributed by atoms with Crippen LogP contribution < -0.4 is 0 Å². The van der Waals surface area contributed by atoms with Gasteiger partial charge in [-0.05, 0) is 36.4 Å². The number of aryl methyl sites for hydroxylation is 2. The number of rotatable bonds is 0. The number of aromatic nitrogens is 1. The molecule has 66 valence electrons. The van der Waals surface area contributed by atoms with Crippen LogP contribution in [0, 0.1) is 13.8 Å². The van der Waals surface area contributed by atoms with Crippen molar-refractivity contribution in [3.05, 3.63) is 40.7 Å². The van der Waals surface area contributed by atoms with E-state index in [1.165, 1.54) is 21.9 Å². The Morgan fingerprint density at radius 2 is 1.69 bits per heavy atom. The molecule has 2 heteroatoms. The minimum atomic E-state index is 0.557. The number of fused-ring (bicyclic) bond motifs is 1. The third-order valence-corrected chi connectivity index (χ3v) is 2.51. The van der Waals surface area contributed by atoms with Crippen molar-refractivity contribution < 1.29 is 0 Å². The Hall–Kier alpha value is -1.08. The number of benzene rings is 1. The highest BCUT2D eigenvalue weighted by molar-refractivity contribution is 6.30. The maximum absolute atomic E-state index is 5.83. The molecule has 2 rings (SSSR count). The Balaban J connectivity index is 2.92. The normalized spacial score (nSPS) is 10.7. The van der Waals surface area contributed by atoms with E-state index in [-0.39, 0.29) is 0 Å². The lowest BCUT2D eigenvalue weighted by molar-refractivity contribution is 1.34. The highest BCUT2D eigenvalue weighted by Crippen LogP contribution is 2.23. The van der Waals surface area contributed by atoms with Gasteiger partial charge in [-0.2, -0.15) is 0 Å². The Morgan fingerprint density at radius 3 is 2.38 bits per heavy atom. The van der Waals surface area contributed by atoms with Crippen molar-refractivity contribution in [1.82, 2.24) is 4.98 Å². The fraction of sp³-hybridized carbons (Fsp3) is 0.182. The Morgan fingerprint density at radius 1 is 1.08 bits per heavy atom. The van der Waals surface area contributed by atoms with Gasteiger partial charge in [-0.25, -0.2) is 4.98 Å². The number of nitrogens with zero attached hydrogens (tertiary/aromatic N) is 1. The molecule has 1 heterocycles. The minimum absolute atomic E-state index is 0.557. The zero-order chi connectivity index (χ0) is 9.42. The van der Waals surface area contributed by atoms with Crippen LogP contribution in [0.1, 0.15) is 11.1 Å². The molecule has 0 N–H and O–H groups in total. The van der Waals surface area contributed by atoms with Crippen molar-refractivity contribution in [2.24, 2.45) is 0 Å². The van der Waals surface area contributed by atoms with Gasteiger partial charge in [0.2, 0.25) is 0 Å². The molecule has 0 aliphatic carbocycles. The van der Waals surface area contributed by atoms with E-state index in [4.69, 9.17) is 11.6 Å². The molecule has 2 aromatic rings. The third-order valence-electron chi connectivity index (χ3n) is 2.30. The van der Waals surface area contributed by atoms with Gasteiger partial charge in [-0.3, -0.25) is 0 Å². The first-order valence-corrected chi connectivity index (χ1v) is 4.58. The summed E-state index contributed by atoms with van der Waals surface area (Å²) in [5.41, 5.74) is 2.48. The molecule has 1 aromatic carbocycles. The summed E-state index contributed by atoms with van der Waals surface area (Å²) in [7, 11) is 0. The highest BCUT2D eigenvalue weighted by Gasteiger charge is 2.01. The molecule has 0 atom stereocenters. The van der Waals surface area contributed by atoms with Crippen LogP contribution in [0.5, 0.6) is 0 Å². The topological polar surface area (TPSA) is 12.9 Å². The van der Waals surface area contributed by atoms with Crippen molar-refractivity contribution >= 4 is 22.4 Å². The molecule has 0 spiro atoms. The number of hydrogen-bond acceptors (Lipinski definition) is 1. The van der Waals surface area contributed by atoms with E-state index in [0.29, 0.717) is 5.15 Å². The molecule has 0 fully saturated rings. The van der Waals surface area contributed by atoms with Crippen LogP contribution in [0.2, 0.25) is 5.15 Å². The zero-order valence-electron chi connectivity index (χ0n) is 7.63. The number of pyridine rings is 1. The van der Waals surface area contributed by atoms with Crippen LogP contribution in [-0.4, -0.2) is 4.98 Å². The molecule has 13 heavy (non-hydrogen) atoms. The van der Waals surface area contributed by atoms with Gasteiger partial charge in [-0.15, -0.1) is 0 Å². The van der Waals surface area contributed by atoms with Gasteiger partial charge < -0.3 is 0 Å². The van der Waals surface area contributed by atoms with Crippen molar-refractivity contribution in [1.29, 1.82) is 0 Å². The molecule has 0 amide bonds. The van der Waals surface area contributed by atoms with E-state index < -0.39 is 0 Å². The zero-order valence-corrected chi connectivity index (χ0v) is 8.39. The third kappa shape index (κ3) is 1.40. The molecular formula is C11H10ClN. The van der Waals surface area contributed by atoms with Crippen LogP contribution in [-0.2, 0) is 0 Å². The number of hydrogen-bond donors (Lipinski definition) is 0. The van der Waals surface area contributed by atoms with Gasteiger partial charge in [0, 0.05) is 11.6 Å². The largest absolute Gasteiger partial charge is 0.244 e. The number of halogens is 1. The molecule has 0 radical (unpaired) electrons. The lowest BCUT2D eigenvalue weighted by Crippen LogP contribution is -1.84. The van der Waals surface area contributed by atoms with E-state index in [1.54, 1.807) is 0 Å². The second-order valence-corrected chi connectivity index (χ2v) is 3.64. The summed E-state index contributed by atoms with van der Waals surface area (Å²) in [4.78, 5) is 4.07. The summed E-state index contributed by atoms with van der Waals surface area (Å²) >= 11 is 5.83. The molecule has 0 aliphatic rings. The van der Waals surface area contributed by atoms with E-state index in [2.05, 4.69) is 31.0 Å². The van der Waals surface area contributed by atoms with Crippen molar-refractivity contribution in [3.8, 4) is 0 Å². The van der Waals surface area contributed by atoms with Gasteiger partial charge in [-0.1, -0.05) is 23.7 Å². The molecule has 1 aromatic heterocycles. The average Bonchev–Trinajstić information content (AvgIpc) is 2.12. The molecule has 0 saturated heterocycles. The van der Waals surface area contributed by atoms with Crippen LogP contribution in [0.15, 0.2) is 24.4 Å². The fourth-order valence-electron chi connectivity index (χ4n) is 1.50. The van der Waals surface area contributed by atoms with E-state index in [1.807, 2.05) is 12.3 Å². The fourth-order valence-corrected chi connectivity index (χ4v) is 1.66. The first-order chi connectivity index (χ1) is 6.18. The monoisotopic (exact) mass is 191 g/mol. The summed E-state index contributed by atoms with van der Waals surface area (Å²) in [5.74, 6) is 0. The van der Waals surface area contributed by atoms with Crippen molar-refractivity contribution in [2.45, 2.75) is 13.8 Å². The maximum atomic E-state index is 5.83. The van der Waals surface area contributed by atoms with Gasteiger partial charge in [0.1, 0.15) is 5.15 Å². The average molecular weight is 192 g/mol. The molecule has 0 bridgehead atoms. The van der Waals surface area contributed by atoms with Gasteiger partial charge in [0.15, 0.2) is 0 Å². The van der Waals surface area contributed by atoms with Crippen LogP contribution in [0.3, 0.4) is 0 Å². The summed E-state index contributed by atoms with van der Waals surface area (Å²) in [6, 6.07) is 6.13. The van der Waals surface area contributed by atoms with E-state index >= 15 is 0 Å². The molecule has 0 unspecified atom stereocenters. The maximum Gasteiger partial charge on any atom is 0.129 e. The Labute approximate surface area is 82.4 Å². The van der Waals surface area contributed by atoms with Crippen molar-refractivity contribution in [2.75, 3.05) is 0 Å². The Bertz CT molecular complexity index is 463. The summed E-state index contributed by atoms with van der Waals surface area (Å²) in [5, 5.41) is 2.94. The van der Waals surface area contributed by atoms with E-state index in [0.717, 1.165) is 0 Å². The second kappa shape index (κ2) is 3.00. The lowest BCUT2D eigenvalue weighted by Gasteiger charge is -2.04. The molecule has 1 nitrogen and oxygen atoms in total. The van der Waals surface area contributed by atoms with Crippen LogP contribution in [0.4, 0.5) is 0 Å². The smallest absolute Gasteiger partial charge is 0.129 e. The SMILES string of the molecule is Cc1ccc(C)c2cc(Cl)ncc12. The molecule has 0 aliphatic heterocycles. The van der Waals surface area contributed by atoms with Crippen LogP contribution >= 0.6 is 11.6 Å². The minimum Gasteiger partial charge on any atom is -0.244 e. The van der Waals surface area contributed by atoms with E-state index in [9.17, 15) is 0 Å². The quantitative estimate of drug-likeness (QED) is 0.581. The van der Waals surface area contributed by atoms with Gasteiger partial charge >= 0.3 is 0 Å². The summed E-state index contributed by atoms with van der Waals surface area (Å²) in [6.07, 6.45) is 1.83.